The monoisotopic (exact) mass is 313 g/mol. The van der Waals surface area contributed by atoms with Crippen molar-refractivity contribution >= 4 is 39.1 Å². The molecule has 0 aliphatic carbocycles. The lowest BCUT2D eigenvalue weighted by molar-refractivity contribution is -0.727. The Balaban J connectivity index is 1.85. The third-order valence-electron chi connectivity index (χ3n) is 2.27. The van der Waals surface area contributed by atoms with Crippen molar-refractivity contribution in [1.82, 2.24) is 10.3 Å². The first kappa shape index (κ1) is 14.2. The molecule has 0 unspecified atom stereocenters. The molecule has 104 valence electrons. The number of aromatic nitrogens is 1. The molecule has 0 saturated carbocycles. The van der Waals surface area contributed by atoms with Crippen molar-refractivity contribution in [3.05, 3.63) is 46.0 Å². The quantitative estimate of drug-likeness (QED) is 0.756. The van der Waals surface area contributed by atoms with Crippen LogP contribution in [0.5, 0.6) is 0 Å². The summed E-state index contributed by atoms with van der Waals surface area (Å²) in [4.78, 5) is 25.6. The molecular weight excluding hydrogens is 304 g/mol. The Kier molecular flexibility index (Phi) is 4.49. The smallest absolute Gasteiger partial charge is 0.334 e. The Morgan fingerprint density at radius 1 is 1.40 bits per heavy atom. The standard InChI is InChI=1S/C11H9ClN4O3S/c12-8-3-1-7(2-4-8)5-13-10(17)15-11-14-6-9(20-11)16(18)19/h1-4,6H,5H2,(H2-,13,14,15,17,18,19)/p+1. The number of hydrogen-bond donors (Lipinski definition) is 3. The molecule has 1 aromatic carbocycles. The summed E-state index contributed by atoms with van der Waals surface area (Å²) in [6.07, 6.45) is 1.16. The van der Waals surface area contributed by atoms with Gasteiger partial charge in [-0.25, -0.2) is 15.0 Å². The van der Waals surface area contributed by atoms with Crippen LogP contribution in [-0.4, -0.2) is 21.1 Å². The van der Waals surface area contributed by atoms with Crippen molar-refractivity contribution in [3.8, 4) is 0 Å². The molecular formula is C11H10ClN4O3S+. The number of nitrogens with one attached hydrogen (secondary N) is 2. The second kappa shape index (κ2) is 6.31. The molecule has 7 nitrogen and oxygen atoms in total. The number of carbonyl (C=O) groups excluding carboxylic acids is 1. The highest BCUT2D eigenvalue weighted by atomic mass is 35.5. The van der Waals surface area contributed by atoms with E-state index in [1.54, 1.807) is 24.3 Å². The summed E-state index contributed by atoms with van der Waals surface area (Å²) in [7, 11) is 0. The zero-order valence-corrected chi connectivity index (χ0v) is 11.6. The predicted molar refractivity (Wildman–Crippen MR) is 74.5 cm³/mol. The molecule has 0 spiro atoms. The lowest BCUT2D eigenvalue weighted by atomic mass is 10.2. The van der Waals surface area contributed by atoms with Gasteiger partial charge in [0.25, 0.3) is 4.92 Å². The first-order chi connectivity index (χ1) is 9.54. The zero-order chi connectivity index (χ0) is 14.5. The maximum atomic E-state index is 11.6. The average molecular weight is 314 g/mol. The van der Waals surface area contributed by atoms with Gasteiger partial charge in [-0.1, -0.05) is 23.7 Å². The number of halogens is 1. The summed E-state index contributed by atoms with van der Waals surface area (Å²) in [5.41, 5.74) is 0.894. The molecule has 1 heterocycles. The van der Waals surface area contributed by atoms with E-state index < -0.39 is 6.03 Å². The van der Waals surface area contributed by atoms with Gasteiger partial charge in [0, 0.05) is 11.6 Å². The summed E-state index contributed by atoms with van der Waals surface area (Å²) in [5, 5.41) is 14.6. The normalized spacial score (nSPS) is 10.1. The Morgan fingerprint density at radius 3 is 2.70 bits per heavy atom. The van der Waals surface area contributed by atoms with Crippen LogP contribution in [0.2, 0.25) is 5.02 Å². The van der Waals surface area contributed by atoms with Crippen molar-refractivity contribution < 1.29 is 14.9 Å². The van der Waals surface area contributed by atoms with E-state index in [0.717, 1.165) is 23.1 Å². The molecule has 0 aliphatic rings. The number of hydrogen-bond acceptors (Lipinski definition) is 4. The lowest BCUT2D eigenvalue weighted by Crippen LogP contribution is -2.28. The van der Waals surface area contributed by atoms with Gasteiger partial charge in [-0.15, -0.1) is 0 Å². The highest BCUT2D eigenvalue weighted by Crippen LogP contribution is 2.24. The van der Waals surface area contributed by atoms with Gasteiger partial charge in [-0.05, 0) is 29.0 Å². The van der Waals surface area contributed by atoms with Crippen LogP contribution in [-0.2, 0) is 6.54 Å². The molecule has 0 fully saturated rings. The SMILES string of the molecule is O=C(NCc1ccc(Cl)cc1)Nc1ncc([N+](=O)O)s1. The van der Waals surface area contributed by atoms with Crippen LogP contribution in [0.3, 0.4) is 0 Å². The molecule has 0 bridgehead atoms. The molecule has 0 aliphatic heterocycles. The van der Waals surface area contributed by atoms with E-state index in [1.165, 1.54) is 0 Å². The third kappa shape index (κ3) is 3.90. The maximum absolute atomic E-state index is 11.6. The topological polar surface area (TPSA) is 94.3 Å². The molecule has 2 aromatic rings. The van der Waals surface area contributed by atoms with E-state index in [4.69, 9.17) is 16.8 Å². The number of carbonyl (C=O) groups is 1. The minimum atomic E-state index is -0.462. The third-order valence-corrected chi connectivity index (χ3v) is 3.39. The Morgan fingerprint density at radius 2 is 2.10 bits per heavy atom. The van der Waals surface area contributed by atoms with E-state index in [1.807, 2.05) is 0 Å². The van der Waals surface area contributed by atoms with Gasteiger partial charge in [0.15, 0.2) is 5.13 Å². The van der Waals surface area contributed by atoms with Crippen LogP contribution in [0.25, 0.3) is 0 Å². The minimum absolute atomic E-state index is 0.0157. The number of thiazole rings is 1. The van der Waals surface area contributed by atoms with E-state index in [9.17, 15) is 9.70 Å². The predicted octanol–water partition coefficient (Wildman–Crippen LogP) is 2.92. The first-order valence-corrected chi connectivity index (χ1v) is 6.65. The molecule has 2 rings (SSSR count). The van der Waals surface area contributed by atoms with Gasteiger partial charge in [-0.2, -0.15) is 0 Å². The van der Waals surface area contributed by atoms with Gasteiger partial charge in [0.05, 0.1) is 4.91 Å². The number of urea groups is 1. The maximum Gasteiger partial charge on any atom is 0.392 e. The largest absolute Gasteiger partial charge is 0.392 e. The number of rotatable bonds is 4. The van der Waals surface area contributed by atoms with Crippen molar-refractivity contribution in [2.75, 3.05) is 5.32 Å². The fraction of sp³-hybridized carbons (Fsp3) is 0.0909. The van der Waals surface area contributed by atoms with Crippen LogP contribution in [0.15, 0.2) is 30.5 Å². The van der Waals surface area contributed by atoms with E-state index in [0.29, 0.717) is 11.6 Å². The van der Waals surface area contributed by atoms with Crippen LogP contribution in [0.1, 0.15) is 5.56 Å². The number of anilines is 1. The summed E-state index contributed by atoms with van der Waals surface area (Å²) in [6, 6.07) is 6.59. The van der Waals surface area contributed by atoms with Crippen LogP contribution >= 0.6 is 22.9 Å². The van der Waals surface area contributed by atoms with Crippen LogP contribution in [0.4, 0.5) is 14.9 Å². The van der Waals surface area contributed by atoms with Crippen molar-refractivity contribution in [2.45, 2.75) is 6.54 Å². The zero-order valence-electron chi connectivity index (χ0n) is 10.0. The second-order valence-electron chi connectivity index (χ2n) is 3.71. The van der Waals surface area contributed by atoms with E-state index >= 15 is 0 Å². The summed E-state index contributed by atoms with van der Waals surface area (Å²) >= 11 is 6.61. The lowest BCUT2D eigenvalue weighted by Gasteiger charge is -2.05. The fourth-order valence-electron chi connectivity index (χ4n) is 1.34. The summed E-state index contributed by atoms with van der Waals surface area (Å²) in [6.45, 7) is 0.328. The van der Waals surface area contributed by atoms with Crippen LogP contribution in [0, 0.1) is 4.91 Å². The fourth-order valence-corrected chi connectivity index (χ4v) is 2.09. The Bertz CT molecular complexity index is 629. The van der Waals surface area contributed by atoms with Crippen molar-refractivity contribution in [1.29, 1.82) is 0 Å². The van der Waals surface area contributed by atoms with E-state index in [-0.39, 0.29) is 15.1 Å². The van der Waals surface area contributed by atoms with Gasteiger partial charge in [0.2, 0.25) is 0 Å². The molecule has 2 amide bonds. The molecule has 20 heavy (non-hydrogen) atoms. The van der Waals surface area contributed by atoms with Crippen LogP contribution < -0.4 is 10.6 Å². The molecule has 0 atom stereocenters. The molecule has 9 heteroatoms. The highest BCUT2D eigenvalue weighted by molar-refractivity contribution is 7.18. The van der Waals surface area contributed by atoms with Crippen molar-refractivity contribution in [2.24, 2.45) is 0 Å². The Labute approximate surface area is 122 Å². The summed E-state index contributed by atoms with van der Waals surface area (Å²) < 4.78 is 0. The van der Waals surface area contributed by atoms with E-state index in [2.05, 4.69) is 15.6 Å². The average Bonchev–Trinajstić information content (AvgIpc) is 2.87. The molecule has 0 saturated heterocycles. The minimum Gasteiger partial charge on any atom is -0.334 e. The first-order valence-electron chi connectivity index (χ1n) is 5.46. The summed E-state index contributed by atoms with van der Waals surface area (Å²) in [5.74, 6) is 0. The Hall–Kier alpha value is -2.19. The van der Waals surface area contributed by atoms with Crippen molar-refractivity contribution in [3.63, 3.8) is 0 Å². The van der Waals surface area contributed by atoms with Gasteiger partial charge in [-0.3, -0.25) is 5.32 Å². The molecule has 3 N–H and O–H groups in total. The number of amides is 2. The number of benzene rings is 1. The van der Waals surface area contributed by atoms with Gasteiger partial charge in [0.1, 0.15) is 6.20 Å². The molecule has 1 aromatic heterocycles. The van der Waals surface area contributed by atoms with Gasteiger partial charge < -0.3 is 5.32 Å². The van der Waals surface area contributed by atoms with Gasteiger partial charge >= 0.3 is 11.0 Å². The highest BCUT2D eigenvalue weighted by Gasteiger charge is 2.17. The number of nitrogens with zero attached hydrogens (tertiary/aromatic N) is 2. The second-order valence-corrected chi connectivity index (χ2v) is 5.16. The molecule has 0 radical (unpaired) electrons.